The number of rotatable bonds is 4. The SMILES string of the molecule is Cc1c(NCc2c(F)cccc2Cl)cccc1C(N)=O. The lowest BCUT2D eigenvalue weighted by Gasteiger charge is -2.13. The maximum atomic E-state index is 13.7. The molecule has 0 bridgehead atoms. The number of carbonyl (C=O) groups excluding carboxylic acids is 1. The number of benzene rings is 2. The Morgan fingerprint density at radius 3 is 2.65 bits per heavy atom. The zero-order valence-electron chi connectivity index (χ0n) is 10.9. The highest BCUT2D eigenvalue weighted by atomic mass is 35.5. The first kappa shape index (κ1) is 14.3. The van der Waals surface area contributed by atoms with Crippen molar-refractivity contribution in [3.8, 4) is 0 Å². The molecule has 2 aromatic rings. The number of hydrogen-bond acceptors (Lipinski definition) is 2. The fraction of sp³-hybridized carbons (Fsp3) is 0.133. The Balaban J connectivity index is 2.24. The third kappa shape index (κ3) is 2.91. The molecule has 0 heterocycles. The van der Waals surface area contributed by atoms with Crippen LogP contribution in [0.1, 0.15) is 21.5 Å². The first-order chi connectivity index (χ1) is 9.50. The predicted octanol–water partition coefficient (Wildman–Crippen LogP) is 3.50. The molecule has 2 aromatic carbocycles. The lowest BCUT2D eigenvalue weighted by molar-refractivity contribution is 0.1000. The molecule has 0 atom stereocenters. The van der Waals surface area contributed by atoms with Gasteiger partial charge < -0.3 is 11.1 Å². The lowest BCUT2D eigenvalue weighted by atomic mass is 10.1. The van der Waals surface area contributed by atoms with Gasteiger partial charge in [0.05, 0.1) is 0 Å². The van der Waals surface area contributed by atoms with Crippen molar-refractivity contribution in [2.45, 2.75) is 13.5 Å². The predicted molar refractivity (Wildman–Crippen MR) is 78.4 cm³/mol. The normalized spacial score (nSPS) is 10.3. The number of anilines is 1. The van der Waals surface area contributed by atoms with Gasteiger partial charge in [-0.25, -0.2) is 4.39 Å². The molecule has 0 fully saturated rings. The van der Waals surface area contributed by atoms with E-state index in [0.717, 1.165) is 11.3 Å². The molecule has 3 N–H and O–H groups in total. The van der Waals surface area contributed by atoms with E-state index >= 15 is 0 Å². The minimum Gasteiger partial charge on any atom is -0.381 e. The van der Waals surface area contributed by atoms with Crippen molar-refractivity contribution in [1.29, 1.82) is 0 Å². The van der Waals surface area contributed by atoms with Crippen LogP contribution >= 0.6 is 11.6 Å². The highest BCUT2D eigenvalue weighted by Gasteiger charge is 2.10. The van der Waals surface area contributed by atoms with Crippen LogP contribution in [0.3, 0.4) is 0 Å². The van der Waals surface area contributed by atoms with Crippen molar-refractivity contribution in [1.82, 2.24) is 0 Å². The van der Waals surface area contributed by atoms with Crippen LogP contribution in [-0.4, -0.2) is 5.91 Å². The first-order valence-corrected chi connectivity index (χ1v) is 6.44. The molecule has 0 unspecified atom stereocenters. The number of nitrogens with one attached hydrogen (secondary N) is 1. The molecule has 3 nitrogen and oxygen atoms in total. The van der Waals surface area contributed by atoms with Crippen molar-refractivity contribution < 1.29 is 9.18 Å². The van der Waals surface area contributed by atoms with Crippen LogP contribution in [0.4, 0.5) is 10.1 Å². The number of primary amides is 1. The van der Waals surface area contributed by atoms with E-state index in [1.807, 2.05) is 0 Å². The standard InChI is InChI=1S/C15H14ClFN2O/c1-9-10(15(18)20)4-2-7-14(9)19-8-11-12(16)5-3-6-13(11)17/h2-7,19H,8H2,1H3,(H2,18,20). The molecule has 0 aliphatic heterocycles. The van der Waals surface area contributed by atoms with Crippen LogP contribution in [0, 0.1) is 12.7 Å². The van der Waals surface area contributed by atoms with Gasteiger partial charge in [0.2, 0.25) is 5.91 Å². The summed E-state index contributed by atoms with van der Waals surface area (Å²) in [6, 6.07) is 9.72. The number of carbonyl (C=O) groups is 1. The van der Waals surface area contributed by atoms with Gasteiger partial charge in [-0.05, 0) is 36.8 Å². The Morgan fingerprint density at radius 2 is 2.00 bits per heavy atom. The van der Waals surface area contributed by atoms with Gasteiger partial charge in [0, 0.05) is 28.4 Å². The minimum atomic E-state index is -0.491. The van der Waals surface area contributed by atoms with E-state index < -0.39 is 5.91 Å². The maximum Gasteiger partial charge on any atom is 0.249 e. The van der Waals surface area contributed by atoms with Gasteiger partial charge in [-0.3, -0.25) is 4.79 Å². The molecule has 0 aliphatic rings. The Bertz CT molecular complexity index is 638. The molecular formula is C15H14ClFN2O. The summed E-state index contributed by atoms with van der Waals surface area (Å²) >= 11 is 5.96. The Kier molecular flexibility index (Phi) is 4.25. The second kappa shape index (κ2) is 5.92. The molecule has 0 aromatic heterocycles. The quantitative estimate of drug-likeness (QED) is 0.906. The molecule has 0 spiro atoms. The van der Waals surface area contributed by atoms with Gasteiger partial charge in [-0.1, -0.05) is 23.7 Å². The van der Waals surface area contributed by atoms with Crippen molar-refractivity contribution in [3.63, 3.8) is 0 Å². The summed E-state index contributed by atoms with van der Waals surface area (Å²) in [6.45, 7) is 2.01. The van der Waals surface area contributed by atoms with Gasteiger partial charge in [-0.15, -0.1) is 0 Å². The molecule has 104 valence electrons. The number of amides is 1. The summed E-state index contributed by atoms with van der Waals surface area (Å²) in [4.78, 5) is 11.3. The third-order valence-corrected chi connectivity index (χ3v) is 3.47. The second-order valence-electron chi connectivity index (χ2n) is 4.40. The van der Waals surface area contributed by atoms with Crippen LogP contribution in [0.5, 0.6) is 0 Å². The zero-order chi connectivity index (χ0) is 14.7. The number of hydrogen-bond donors (Lipinski definition) is 2. The number of nitrogens with two attached hydrogens (primary N) is 1. The Labute approximate surface area is 121 Å². The van der Waals surface area contributed by atoms with Gasteiger partial charge in [0.1, 0.15) is 5.82 Å². The van der Waals surface area contributed by atoms with Crippen LogP contribution in [0.25, 0.3) is 0 Å². The summed E-state index contributed by atoms with van der Waals surface area (Å²) in [5, 5.41) is 3.44. The van der Waals surface area contributed by atoms with E-state index in [4.69, 9.17) is 17.3 Å². The molecule has 1 amide bonds. The van der Waals surface area contributed by atoms with Crippen LogP contribution in [0.2, 0.25) is 5.02 Å². The molecule has 5 heteroatoms. The summed E-state index contributed by atoms with van der Waals surface area (Å²) < 4.78 is 13.7. The topological polar surface area (TPSA) is 55.1 Å². The Morgan fingerprint density at radius 1 is 1.30 bits per heavy atom. The fourth-order valence-electron chi connectivity index (χ4n) is 1.98. The van der Waals surface area contributed by atoms with Crippen LogP contribution in [-0.2, 0) is 6.54 Å². The summed E-state index contributed by atoms with van der Waals surface area (Å²) in [7, 11) is 0. The van der Waals surface area contributed by atoms with E-state index in [9.17, 15) is 9.18 Å². The van der Waals surface area contributed by atoms with E-state index in [-0.39, 0.29) is 12.4 Å². The molecule has 0 saturated carbocycles. The van der Waals surface area contributed by atoms with Gasteiger partial charge in [0.15, 0.2) is 0 Å². The van der Waals surface area contributed by atoms with Crippen LogP contribution < -0.4 is 11.1 Å². The second-order valence-corrected chi connectivity index (χ2v) is 4.80. The maximum absolute atomic E-state index is 13.7. The highest BCUT2D eigenvalue weighted by Crippen LogP contribution is 2.23. The third-order valence-electron chi connectivity index (χ3n) is 3.12. The first-order valence-electron chi connectivity index (χ1n) is 6.07. The fourth-order valence-corrected chi connectivity index (χ4v) is 2.21. The monoisotopic (exact) mass is 292 g/mol. The molecule has 20 heavy (non-hydrogen) atoms. The number of halogens is 2. The Hall–Kier alpha value is -2.07. The lowest BCUT2D eigenvalue weighted by Crippen LogP contribution is -2.14. The zero-order valence-corrected chi connectivity index (χ0v) is 11.7. The molecule has 2 rings (SSSR count). The average molecular weight is 293 g/mol. The molecule has 0 radical (unpaired) electrons. The molecule has 0 saturated heterocycles. The summed E-state index contributed by atoms with van der Waals surface area (Å²) in [5.41, 5.74) is 7.57. The largest absolute Gasteiger partial charge is 0.381 e. The summed E-state index contributed by atoms with van der Waals surface area (Å²) in [5.74, 6) is -0.858. The average Bonchev–Trinajstić information content (AvgIpc) is 2.39. The van der Waals surface area contributed by atoms with Crippen molar-refractivity contribution >= 4 is 23.2 Å². The van der Waals surface area contributed by atoms with E-state index in [0.29, 0.717) is 16.1 Å². The minimum absolute atomic E-state index is 0.231. The smallest absolute Gasteiger partial charge is 0.249 e. The van der Waals surface area contributed by atoms with E-state index in [2.05, 4.69) is 5.32 Å². The van der Waals surface area contributed by atoms with Crippen molar-refractivity contribution in [3.05, 3.63) is 63.9 Å². The van der Waals surface area contributed by atoms with Crippen molar-refractivity contribution in [2.75, 3.05) is 5.32 Å². The van der Waals surface area contributed by atoms with E-state index in [1.54, 1.807) is 37.3 Å². The van der Waals surface area contributed by atoms with Crippen LogP contribution in [0.15, 0.2) is 36.4 Å². The van der Waals surface area contributed by atoms with E-state index in [1.165, 1.54) is 6.07 Å². The van der Waals surface area contributed by atoms with Crippen molar-refractivity contribution in [2.24, 2.45) is 5.73 Å². The highest BCUT2D eigenvalue weighted by molar-refractivity contribution is 6.31. The van der Waals surface area contributed by atoms with Gasteiger partial charge >= 0.3 is 0 Å². The molecule has 0 aliphatic carbocycles. The van der Waals surface area contributed by atoms with Gasteiger partial charge in [-0.2, -0.15) is 0 Å². The summed E-state index contributed by atoms with van der Waals surface area (Å²) in [6.07, 6.45) is 0. The molecular weight excluding hydrogens is 279 g/mol. The van der Waals surface area contributed by atoms with Gasteiger partial charge in [0.25, 0.3) is 0 Å².